The molecule has 102 valence electrons. The Labute approximate surface area is 120 Å². The van der Waals surface area contributed by atoms with Gasteiger partial charge in [-0.15, -0.1) is 0 Å². The molecule has 4 nitrogen and oxygen atoms in total. The van der Waals surface area contributed by atoms with E-state index in [1.807, 2.05) is 39.0 Å². The molecule has 2 aromatic rings. The van der Waals surface area contributed by atoms with Crippen molar-refractivity contribution in [1.82, 2.24) is 4.98 Å². The summed E-state index contributed by atoms with van der Waals surface area (Å²) in [5, 5.41) is 2.86. The monoisotopic (exact) mass is 324 g/mol. The van der Waals surface area contributed by atoms with Crippen molar-refractivity contribution >= 4 is 38.6 Å². The van der Waals surface area contributed by atoms with Gasteiger partial charge in [0.1, 0.15) is 5.52 Å². The highest BCUT2D eigenvalue weighted by Crippen LogP contribution is 2.24. The lowest BCUT2D eigenvalue weighted by Gasteiger charge is -2.08. The number of nitrogens with one attached hydrogen (secondary N) is 1. The molecule has 0 saturated carbocycles. The van der Waals surface area contributed by atoms with Crippen LogP contribution in [-0.2, 0) is 4.79 Å². The fourth-order valence-corrected chi connectivity index (χ4v) is 1.79. The summed E-state index contributed by atoms with van der Waals surface area (Å²) in [5.74, 6) is 0.914. The largest absolute Gasteiger partial charge is 0.440 e. The normalized spacial score (nSPS) is 12.9. The van der Waals surface area contributed by atoms with Gasteiger partial charge in [-0.3, -0.25) is 4.79 Å². The Morgan fingerprint density at radius 3 is 2.84 bits per heavy atom. The van der Waals surface area contributed by atoms with Crippen LogP contribution in [0.15, 0.2) is 22.6 Å². The molecule has 0 bridgehead atoms. The molecule has 0 aliphatic carbocycles. The third kappa shape index (κ3) is 3.15. The summed E-state index contributed by atoms with van der Waals surface area (Å²) in [5.41, 5.74) is 2.25. The third-order valence-electron chi connectivity index (χ3n) is 2.81. The number of halogens is 1. The molecule has 1 N–H and O–H groups in total. The highest BCUT2D eigenvalue weighted by atomic mass is 79.9. The zero-order valence-corrected chi connectivity index (χ0v) is 12.8. The summed E-state index contributed by atoms with van der Waals surface area (Å²) in [6, 6.07) is 5.49. The van der Waals surface area contributed by atoms with Crippen LogP contribution < -0.4 is 5.32 Å². The SMILES string of the molecule is CCC(Br)C(=O)Nc1ccc2oc(C(C)C)nc2c1. The Hall–Kier alpha value is -1.36. The van der Waals surface area contributed by atoms with E-state index in [1.54, 1.807) is 0 Å². The predicted molar refractivity (Wildman–Crippen MR) is 79.7 cm³/mol. The predicted octanol–water partition coefficient (Wildman–Crippen LogP) is 4.06. The Morgan fingerprint density at radius 2 is 2.21 bits per heavy atom. The van der Waals surface area contributed by atoms with E-state index in [4.69, 9.17) is 4.42 Å². The molecule has 0 radical (unpaired) electrons. The zero-order valence-electron chi connectivity index (χ0n) is 11.2. The molecule has 2 rings (SSSR count). The van der Waals surface area contributed by atoms with Gasteiger partial charge in [0, 0.05) is 11.6 Å². The number of aromatic nitrogens is 1. The van der Waals surface area contributed by atoms with Crippen LogP contribution in [0.2, 0.25) is 0 Å². The van der Waals surface area contributed by atoms with Crippen LogP contribution in [-0.4, -0.2) is 15.7 Å². The van der Waals surface area contributed by atoms with E-state index in [2.05, 4.69) is 26.2 Å². The number of amides is 1. The van der Waals surface area contributed by atoms with Crippen molar-refractivity contribution in [2.45, 2.75) is 37.9 Å². The molecule has 1 atom stereocenters. The Kier molecular flexibility index (Phi) is 4.24. The first-order chi connectivity index (χ1) is 9.01. The number of anilines is 1. The van der Waals surface area contributed by atoms with Crippen molar-refractivity contribution in [3.05, 3.63) is 24.1 Å². The van der Waals surface area contributed by atoms with E-state index in [-0.39, 0.29) is 16.7 Å². The first kappa shape index (κ1) is 14.1. The Balaban J connectivity index is 2.24. The maximum absolute atomic E-state index is 11.8. The summed E-state index contributed by atoms with van der Waals surface area (Å²) in [4.78, 5) is 16.0. The molecular formula is C14H17BrN2O2. The number of alkyl halides is 1. The van der Waals surface area contributed by atoms with Crippen LogP contribution in [0.1, 0.15) is 39.0 Å². The van der Waals surface area contributed by atoms with E-state index in [0.29, 0.717) is 5.89 Å². The van der Waals surface area contributed by atoms with Gasteiger partial charge in [-0.25, -0.2) is 4.98 Å². The number of carbonyl (C=O) groups excluding carboxylic acids is 1. The average molecular weight is 325 g/mol. The highest BCUT2D eigenvalue weighted by molar-refractivity contribution is 9.10. The minimum absolute atomic E-state index is 0.0468. The summed E-state index contributed by atoms with van der Waals surface area (Å²) in [6.45, 7) is 6.02. The molecule has 0 saturated heterocycles. The number of rotatable bonds is 4. The second kappa shape index (κ2) is 5.74. The first-order valence-electron chi connectivity index (χ1n) is 6.36. The number of fused-ring (bicyclic) bond motifs is 1. The number of carbonyl (C=O) groups is 1. The number of hydrogen-bond acceptors (Lipinski definition) is 3. The van der Waals surface area contributed by atoms with E-state index in [1.165, 1.54) is 0 Å². The summed E-state index contributed by atoms with van der Waals surface area (Å²) < 4.78 is 5.62. The van der Waals surface area contributed by atoms with Gasteiger partial charge in [-0.05, 0) is 24.6 Å². The molecule has 1 aromatic heterocycles. The first-order valence-corrected chi connectivity index (χ1v) is 7.28. The van der Waals surface area contributed by atoms with Crippen molar-refractivity contribution in [1.29, 1.82) is 0 Å². The van der Waals surface area contributed by atoms with Crippen LogP contribution in [0.4, 0.5) is 5.69 Å². The van der Waals surface area contributed by atoms with Gasteiger partial charge in [-0.1, -0.05) is 36.7 Å². The zero-order chi connectivity index (χ0) is 14.0. The van der Waals surface area contributed by atoms with Crippen LogP contribution in [0, 0.1) is 0 Å². The minimum Gasteiger partial charge on any atom is -0.440 e. The summed E-state index contributed by atoms with van der Waals surface area (Å²) in [7, 11) is 0. The standard InChI is InChI=1S/C14H17BrN2O2/c1-4-10(15)13(18)16-9-5-6-12-11(7-9)17-14(19-12)8(2)3/h5-8,10H,4H2,1-3H3,(H,16,18). The maximum atomic E-state index is 11.8. The van der Waals surface area contributed by atoms with E-state index >= 15 is 0 Å². The van der Waals surface area contributed by atoms with Crippen molar-refractivity contribution in [2.75, 3.05) is 5.32 Å². The molecule has 1 unspecified atom stereocenters. The fourth-order valence-electron chi connectivity index (χ4n) is 1.68. The average Bonchev–Trinajstić information content (AvgIpc) is 2.81. The van der Waals surface area contributed by atoms with Crippen molar-refractivity contribution < 1.29 is 9.21 Å². The molecule has 1 amide bonds. The molecule has 1 heterocycles. The molecular weight excluding hydrogens is 308 g/mol. The Bertz CT molecular complexity index is 592. The quantitative estimate of drug-likeness (QED) is 0.863. The topological polar surface area (TPSA) is 55.1 Å². The lowest BCUT2D eigenvalue weighted by Crippen LogP contribution is -2.21. The van der Waals surface area contributed by atoms with E-state index in [0.717, 1.165) is 23.2 Å². The summed E-state index contributed by atoms with van der Waals surface area (Å²) >= 11 is 3.33. The van der Waals surface area contributed by atoms with Gasteiger partial charge in [0.25, 0.3) is 0 Å². The van der Waals surface area contributed by atoms with Gasteiger partial charge >= 0.3 is 0 Å². The number of benzene rings is 1. The fraction of sp³-hybridized carbons (Fsp3) is 0.429. The molecule has 19 heavy (non-hydrogen) atoms. The van der Waals surface area contributed by atoms with Crippen molar-refractivity contribution in [2.24, 2.45) is 0 Å². The highest BCUT2D eigenvalue weighted by Gasteiger charge is 2.14. The van der Waals surface area contributed by atoms with Crippen LogP contribution in [0.25, 0.3) is 11.1 Å². The van der Waals surface area contributed by atoms with Crippen LogP contribution in [0.3, 0.4) is 0 Å². The van der Waals surface area contributed by atoms with Gasteiger partial charge in [-0.2, -0.15) is 0 Å². The second-order valence-corrected chi connectivity index (χ2v) is 5.86. The Morgan fingerprint density at radius 1 is 1.47 bits per heavy atom. The molecule has 0 aliphatic heterocycles. The lowest BCUT2D eigenvalue weighted by molar-refractivity contribution is -0.115. The third-order valence-corrected chi connectivity index (χ3v) is 3.87. The number of hydrogen-bond donors (Lipinski definition) is 1. The molecule has 5 heteroatoms. The molecule has 0 aliphatic rings. The molecule has 1 aromatic carbocycles. The van der Waals surface area contributed by atoms with Gasteiger partial charge < -0.3 is 9.73 Å². The maximum Gasteiger partial charge on any atom is 0.238 e. The molecule has 0 fully saturated rings. The van der Waals surface area contributed by atoms with Crippen LogP contribution >= 0.6 is 15.9 Å². The van der Waals surface area contributed by atoms with Gasteiger partial charge in [0.15, 0.2) is 11.5 Å². The number of nitrogens with zero attached hydrogens (tertiary/aromatic N) is 1. The van der Waals surface area contributed by atoms with E-state index in [9.17, 15) is 4.79 Å². The second-order valence-electron chi connectivity index (χ2n) is 4.75. The van der Waals surface area contributed by atoms with Crippen LogP contribution in [0.5, 0.6) is 0 Å². The lowest BCUT2D eigenvalue weighted by atomic mass is 10.2. The molecule has 0 spiro atoms. The number of oxazole rings is 1. The van der Waals surface area contributed by atoms with Gasteiger partial charge in [0.2, 0.25) is 5.91 Å². The van der Waals surface area contributed by atoms with Gasteiger partial charge in [0.05, 0.1) is 4.83 Å². The summed E-state index contributed by atoms with van der Waals surface area (Å²) in [6.07, 6.45) is 0.746. The van der Waals surface area contributed by atoms with Crippen molar-refractivity contribution in [3.8, 4) is 0 Å². The smallest absolute Gasteiger partial charge is 0.238 e. The van der Waals surface area contributed by atoms with Crippen molar-refractivity contribution in [3.63, 3.8) is 0 Å². The van der Waals surface area contributed by atoms with E-state index < -0.39 is 0 Å². The minimum atomic E-state index is -0.174.